The second kappa shape index (κ2) is 10.5. The normalized spacial score (nSPS) is 15.8. The van der Waals surface area contributed by atoms with E-state index >= 15 is 0 Å². The number of hydrogen-bond donors (Lipinski definition) is 0. The third kappa shape index (κ3) is 5.59. The highest BCUT2D eigenvalue weighted by Crippen LogP contribution is 2.33. The molecule has 0 unspecified atom stereocenters. The second-order valence-electron chi connectivity index (χ2n) is 8.33. The van der Waals surface area contributed by atoms with Crippen molar-refractivity contribution in [3.8, 4) is 0 Å². The van der Waals surface area contributed by atoms with Crippen LogP contribution in [0.4, 0.5) is 4.39 Å². The van der Waals surface area contributed by atoms with Gasteiger partial charge in [-0.05, 0) is 30.2 Å². The van der Waals surface area contributed by atoms with Gasteiger partial charge in [-0.25, -0.2) is 9.40 Å². The Hall–Kier alpha value is -3.06. The van der Waals surface area contributed by atoms with Crippen LogP contribution in [0.1, 0.15) is 43.0 Å². The van der Waals surface area contributed by atoms with Crippen molar-refractivity contribution in [1.29, 1.82) is 0 Å². The molecule has 1 aliphatic heterocycles. The van der Waals surface area contributed by atoms with Crippen LogP contribution in [0.5, 0.6) is 0 Å². The predicted octanol–water partition coefficient (Wildman–Crippen LogP) is 3.94. The molecule has 2 aromatic carbocycles. The number of methoxy groups -OCH3 is 1. The van der Waals surface area contributed by atoms with Crippen LogP contribution in [0.15, 0.2) is 53.6 Å². The molecule has 0 aliphatic carbocycles. The summed E-state index contributed by atoms with van der Waals surface area (Å²) in [4.78, 5) is 27.5. The molecular weight excluding hydrogens is 409 g/mol. The SMILES string of the molecule is COCCN(CC(=O)N1N=C(c2ccc(F)cc2)C[C@@H]1c1ccc(C)cc1)C(=O)C(C)C. The van der Waals surface area contributed by atoms with Crippen molar-refractivity contribution in [2.45, 2.75) is 33.2 Å². The molecule has 0 N–H and O–H groups in total. The van der Waals surface area contributed by atoms with Crippen molar-refractivity contribution in [2.24, 2.45) is 11.0 Å². The molecular formula is C25H30FN3O3. The third-order valence-corrected chi connectivity index (χ3v) is 5.50. The molecule has 1 atom stereocenters. The zero-order valence-corrected chi connectivity index (χ0v) is 19.0. The Bertz CT molecular complexity index is 971. The Labute approximate surface area is 188 Å². The standard InChI is InChI=1S/C25H30FN3O3/c1-17(2)25(31)28(13-14-32-4)16-24(30)29-23(20-7-5-18(3)6-8-20)15-22(27-29)19-9-11-21(26)12-10-19/h5-12,17,23H,13-16H2,1-4H3/t23-/m1/s1. The second-order valence-corrected chi connectivity index (χ2v) is 8.33. The molecule has 1 aliphatic rings. The molecule has 170 valence electrons. The number of hydrazone groups is 1. The lowest BCUT2D eigenvalue weighted by Gasteiger charge is -2.28. The maximum absolute atomic E-state index is 13.4. The van der Waals surface area contributed by atoms with Crippen molar-refractivity contribution < 1.29 is 18.7 Å². The Kier molecular flexibility index (Phi) is 7.75. The van der Waals surface area contributed by atoms with Crippen molar-refractivity contribution >= 4 is 17.5 Å². The highest BCUT2D eigenvalue weighted by molar-refractivity contribution is 6.03. The molecule has 0 radical (unpaired) electrons. The van der Waals surface area contributed by atoms with E-state index in [1.165, 1.54) is 22.0 Å². The minimum atomic E-state index is -0.323. The summed E-state index contributed by atoms with van der Waals surface area (Å²) in [6.07, 6.45) is 0.511. The van der Waals surface area contributed by atoms with Gasteiger partial charge in [0.15, 0.2) is 0 Å². The third-order valence-electron chi connectivity index (χ3n) is 5.50. The number of carbonyl (C=O) groups is 2. The Morgan fingerprint density at radius 3 is 2.41 bits per heavy atom. The predicted molar refractivity (Wildman–Crippen MR) is 122 cm³/mol. The monoisotopic (exact) mass is 439 g/mol. The van der Waals surface area contributed by atoms with E-state index in [0.717, 1.165) is 16.7 Å². The largest absolute Gasteiger partial charge is 0.383 e. The van der Waals surface area contributed by atoms with Crippen LogP contribution in [-0.4, -0.2) is 54.2 Å². The van der Waals surface area contributed by atoms with Gasteiger partial charge in [-0.3, -0.25) is 9.59 Å². The molecule has 0 bridgehead atoms. The molecule has 2 aromatic rings. The minimum absolute atomic E-state index is 0.0804. The van der Waals surface area contributed by atoms with Crippen LogP contribution in [0.3, 0.4) is 0 Å². The van der Waals surface area contributed by atoms with E-state index in [9.17, 15) is 14.0 Å². The highest BCUT2D eigenvalue weighted by atomic mass is 19.1. The van der Waals surface area contributed by atoms with Gasteiger partial charge < -0.3 is 9.64 Å². The fourth-order valence-corrected chi connectivity index (χ4v) is 3.67. The molecule has 6 nitrogen and oxygen atoms in total. The van der Waals surface area contributed by atoms with E-state index in [4.69, 9.17) is 4.74 Å². The number of rotatable bonds is 8. The zero-order valence-electron chi connectivity index (χ0n) is 19.0. The van der Waals surface area contributed by atoms with Crippen molar-refractivity contribution in [3.63, 3.8) is 0 Å². The van der Waals surface area contributed by atoms with Gasteiger partial charge in [0.25, 0.3) is 5.91 Å². The first kappa shape index (κ1) is 23.6. The number of nitrogens with zero attached hydrogens (tertiary/aromatic N) is 3. The van der Waals surface area contributed by atoms with Crippen molar-refractivity contribution in [3.05, 3.63) is 71.0 Å². The van der Waals surface area contributed by atoms with Gasteiger partial charge in [-0.2, -0.15) is 5.10 Å². The van der Waals surface area contributed by atoms with E-state index in [1.807, 2.05) is 45.0 Å². The van der Waals surface area contributed by atoms with Gasteiger partial charge in [0, 0.05) is 26.0 Å². The first-order valence-corrected chi connectivity index (χ1v) is 10.8. The number of aryl methyl sites for hydroxylation is 1. The molecule has 32 heavy (non-hydrogen) atoms. The van der Waals surface area contributed by atoms with E-state index in [-0.39, 0.29) is 36.1 Å². The molecule has 0 spiro atoms. The van der Waals surface area contributed by atoms with Crippen LogP contribution in [0.25, 0.3) is 0 Å². The summed E-state index contributed by atoms with van der Waals surface area (Å²) in [7, 11) is 1.56. The van der Waals surface area contributed by atoms with E-state index in [1.54, 1.807) is 19.2 Å². The summed E-state index contributed by atoms with van der Waals surface area (Å²) in [5.41, 5.74) is 3.57. The van der Waals surface area contributed by atoms with Crippen LogP contribution in [-0.2, 0) is 14.3 Å². The van der Waals surface area contributed by atoms with Crippen molar-refractivity contribution in [1.82, 2.24) is 9.91 Å². The average Bonchev–Trinajstić information content (AvgIpc) is 3.22. The van der Waals surface area contributed by atoms with Crippen LogP contribution < -0.4 is 0 Å². The van der Waals surface area contributed by atoms with Crippen LogP contribution in [0.2, 0.25) is 0 Å². The first-order chi connectivity index (χ1) is 15.3. The lowest BCUT2D eigenvalue weighted by atomic mass is 9.97. The molecule has 0 saturated carbocycles. The molecule has 0 fully saturated rings. The number of halogens is 1. The van der Waals surface area contributed by atoms with Gasteiger partial charge >= 0.3 is 0 Å². The van der Waals surface area contributed by atoms with E-state index in [0.29, 0.717) is 25.3 Å². The number of benzene rings is 2. The number of carbonyl (C=O) groups excluding carboxylic acids is 2. The first-order valence-electron chi connectivity index (χ1n) is 10.8. The molecule has 2 amide bonds. The lowest BCUT2D eigenvalue weighted by molar-refractivity contribution is -0.143. The van der Waals surface area contributed by atoms with Gasteiger partial charge in [0.2, 0.25) is 5.91 Å². The number of hydrogen-bond acceptors (Lipinski definition) is 4. The maximum Gasteiger partial charge on any atom is 0.262 e. The molecule has 0 saturated heterocycles. The molecule has 3 rings (SSSR count). The van der Waals surface area contributed by atoms with Crippen LogP contribution in [0, 0.1) is 18.7 Å². The zero-order chi connectivity index (χ0) is 23.3. The summed E-state index contributed by atoms with van der Waals surface area (Å²) in [5, 5.41) is 6.08. The summed E-state index contributed by atoms with van der Waals surface area (Å²) in [5.74, 6) is -0.928. The Balaban J connectivity index is 1.89. The highest BCUT2D eigenvalue weighted by Gasteiger charge is 2.34. The topological polar surface area (TPSA) is 62.2 Å². The summed E-state index contributed by atoms with van der Waals surface area (Å²) < 4.78 is 18.5. The van der Waals surface area contributed by atoms with Gasteiger partial charge in [0.1, 0.15) is 12.4 Å². The summed E-state index contributed by atoms with van der Waals surface area (Å²) >= 11 is 0. The number of amides is 2. The number of ether oxygens (including phenoxy) is 1. The van der Waals surface area contributed by atoms with E-state index < -0.39 is 0 Å². The summed E-state index contributed by atoms with van der Waals surface area (Å²) in [6, 6.07) is 13.8. The van der Waals surface area contributed by atoms with E-state index in [2.05, 4.69) is 5.10 Å². The smallest absolute Gasteiger partial charge is 0.262 e. The molecule has 0 aromatic heterocycles. The lowest BCUT2D eigenvalue weighted by Crippen LogP contribution is -2.44. The average molecular weight is 440 g/mol. The quantitative estimate of drug-likeness (QED) is 0.626. The fraction of sp³-hybridized carbons (Fsp3) is 0.400. The summed E-state index contributed by atoms with van der Waals surface area (Å²) in [6.45, 7) is 6.22. The maximum atomic E-state index is 13.4. The van der Waals surface area contributed by atoms with Crippen molar-refractivity contribution in [2.75, 3.05) is 26.8 Å². The Morgan fingerprint density at radius 1 is 1.16 bits per heavy atom. The Morgan fingerprint density at radius 2 is 1.81 bits per heavy atom. The van der Waals surface area contributed by atoms with Gasteiger partial charge in [-0.15, -0.1) is 0 Å². The van der Waals surface area contributed by atoms with Crippen LogP contribution >= 0.6 is 0 Å². The molecule has 7 heteroatoms. The van der Waals surface area contributed by atoms with Gasteiger partial charge in [-0.1, -0.05) is 55.8 Å². The fourth-order valence-electron chi connectivity index (χ4n) is 3.67. The minimum Gasteiger partial charge on any atom is -0.383 e. The molecule has 1 heterocycles. The van der Waals surface area contributed by atoms with Gasteiger partial charge in [0.05, 0.1) is 18.4 Å².